The zero-order valence-corrected chi connectivity index (χ0v) is 15.2. The van der Waals surface area contributed by atoms with Crippen LogP contribution in [-0.4, -0.2) is 0 Å². The Morgan fingerprint density at radius 1 is 0.962 bits per heavy atom. The Hall–Kier alpha value is -1.39. The summed E-state index contributed by atoms with van der Waals surface area (Å²) >= 11 is 0. The third kappa shape index (κ3) is 6.10. The van der Waals surface area contributed by atoms with Crippen molar-refractivity contribution in [2.45, 2.75) is 70.9 Å². The minimum atomic E-state index is -5.00. The molecular weight excluding hydrogens is 347 g/mol. The van der Waals surface area contributed by atoms with Crippen molar-refractivity contribution in [3.8, 4) is 0 Å². The highest BCUT2D eigenvalue weighted by Gasteiger charge is 2.37. The molecule has 1 aliphatic carbocycles. The van der Waals surface area contributed by atoms with Gasteiger partial charge in [0.1, 0.15) is 17.2 Å². The molecule has 1 aliphatic rings. The largest absolute Gasteiger partial charge is 0.422 e. The third-order valence-corrected chi connectivity index (χ3v) is 5.28. The van der Waals surface area contributed by atoms with Crippen molar-refractivity contribution in [2.75, 3.05) is 0 Å². The molecule has 0 atom stereocenters. The molecule has 1 fully saturated rings. The molecular formula is C21H27F5. The van der Waals surface area contributed by atoms with E-state index in [2.05, 4.69) is 19.1 Å². The Labute approximate surface area is 152 Å². The molecule has 0 aromatic heterocycles. The highest BCUT2D eigenvalue weighted by atomic mass is 19.4. The normalized spacial score (nSPS) is 21.5. The van der Waals surface area contributed by atoms with E-state index in [4.69, 9.17) is 0 Å². The number of hydrogen-bond donors (Lipinski definition) is 0. The first kappa shape index (κ1) is 20.9. The van der Waals surface area contributed by atoms with Crippen molar-refractivity contribution in [3.63, 3.8) is 0 Å². The van der Waals surface area contributed by atoms with Crippen molar-refractivity contribution < 1.29 is 22.0 Å². The van der Waals surface area contributed by atoms with Crippen molar-refractivity contribution in [3.05, 3.63) is 47.0 Å². The van der Waals surface area contributed by atoms with Crippen LogP contribution >= 0.6 is 0 Å². The van der Waals surface area contributed by atoms with Crippen LogP contribution in [0.25, 0.3) is 0 Å². The van der Waals surface area contributed by atoms with Crippen molar-refractivity contribution in [1.29, 1.82) is 0 Å². The molecule has 5 heteroatoms. The number of allylic oxidation sites excluding steroid dienone is 2. The average molecular weight is 374 g/mol. The lowest BCUT2D eigenvalue weighted by atomic mass is 9.78. The fourth-order valence-electron chi connectivity index (χ4n) is 3.74. The lowest BCUT2D eigenvalue weighted by molar-refractivity contribution is -0.142. The monoisotopic (exact) mass is 374 g/mol. The Morgan fingerprint density at radius 3 is 2.08 bits per heavy atom. The maximum absolute atomic E-state index is 13.6. The molecule has 0 spiro atoms. The van der Waals surface area contributed by atoms with E-state index in [1.807, 2.05) is 0 Å². The van der Waals surface area contributed by atoms with Crippen LogP contribution < -0.4 is 0 Å². The SMILES string of the molecule is CCCC=CCC1CCC(CCc2cc(F)c(C(F)(F)F)c(F)c2)CC1. The molecule has 146 valence electrons. The first-order valence-electron chi connectivity index (χ1n) is 9.51. The van der Waals surface area contributed by atoms with E-state index in [9.17, 15) is 22.0 Å². The van der Waals surface area contributed by atoms with Gasteiger partial charge in [0.25, 0.3) is 0 Å². The number of unbranched alkanes of at least 4 members (excludes halogenated alkanes) is 1. The second-order valence-corrected chi connectivity index (χ2v) is 7.35. The highest BCUT2D eigenvalue weighted by molar-refractivity contribution is 5.28. The molecule has 0 amide bonds. The standard InChI is InChI=1S/C21H27F5/c1-2-3-4-5-6-15-7-9-16(10-8-15)11-12-17-13-18(22)20(19(23)14-17)21(24,25)26/h4-5,13-16H,2-3,6-12H2,1H3. The van der Waals surface area contributed by atoms with Gasteiger partial charge in [0.05, 0.1) is 0 Å². The summed E-state index contributed by atoms with van der Waals surface area (Å²) in [5.74, 6) is -1.84. The summed E-state index contributed by atoms with van der Waals surface area (Å²) in [7, 11) is 0. The molecule has 0 bridgehead atoms. The van der Waals surface area contributed by atoms with Crippen molar-refractivity contribution in [2.24, 2.45) is 11.8 Å². The van der Waals surface area contributed by atoms with Crippen molar-refractivity contribution >= 4 is 0 Å². The molecule has 1 aromatic rings. The van der Waals surface area contributed by atoms with Crippen molar-refractivity contribution in [1.82, 2.24) is 0 Å². The maximum Gasteiger partial charge on any atom is 0.422 e. The fourth-order valence-corrected chi connectivity index (χ4v) is 3.74. The second kappa shape index (κ2) is 9.52. The van der Waals surface area contributed by atoms with Gasteiger partial charge in [-0.2, -0.15) is 13.2 Å². The van der Waals surface area contributed by atoms with Gasteiger partial charge < -0.3 is 0 Å². The van der Waals surface area contributed by atoms with E-state index in [1.54, 1.807) is 0 Å². The smallest absolute Gasteiger partial charge is 0.206 e. The van der Waals surface area contributed by atoms with Gasteiger partial charge in [-0.25, -0.2) is 8.78 Å². The first-order chi connectivity index (χ1) is 12.3. The minimum absolute atomic E-state index is 0.303. The van der Waals surface area contributed by atoms with Gasteiger partial charge in [-0.1, -0.05) is 38.3 Å². The second-order valence-electron chi connectivity index (χ2n) is 7.35. The van der Waals surface area contributed by atoms with Crippen LogP contribution in [0.1, 0.15) is 69.4 Å². The lowest BCUT2D eigenvalue weighted by Crippen LogP contribution is -2.15. The van der Waals surface area contributed by atoms with E-state index in [0.717, 1.165) is 63.5 Å². The molecule has 0 radical (unpaired) electrons. The van der Waals surface area contributed by atoms with Crippen LogP contribution in [0.5, 0.6) is 0 Å². The lowest BCUT2D eigenvalue weighted by Gasteiger charge is -2.28. The van der Waals surface area contributed by atoms with E-state index in [0.29, 0.717) is 23.8 Å². The van der Waals surface area contributed by atoms with E-state index >= 15 is 0 Å². The number of hydrogen-bond acceptors (Lipinski definition) is 0. The van der Waals surface area contributed by atoms with Gasteiger partial charge in [0.2, 0.25) is 0 Å². The van der Waals surface area contributed by atoms with Gasteiger partial charge in [-0.05, 0) is 68.1 Å². The summed E-state index contributed by atoms with van der Waals surface area (Å²) in [6.45, 7) is 2.16. The van der Waals surface area contributed by atoms with E-state index in [1.165, 1.54) is 0 Å². The number of rotatable bonds is 7. The van der Waals surface area contributed by atoms with E-state index < -0.39 is 23.4 Å². The summed E-state index contributed by atoms with van der Waals surface area (Å²) in [6, 6.07) is 1.66. The van der Waals surface area contributed by atoms with Crippen LogP contribution in [0.4, 0.5) is 22.0 Å². The molecule has 0 heterocycles. The topological polar surface area (TPSA) is 0 Å². The van der Waals surface area contributed by atoms with Crippen LogP contribution in [0.15, 0.2) is 24.3 Å². The Balaban J connectivity index is 1.82. The Kier molecular flexibility index (Phi) is 7.66. The molecule has 0 unspecified atom stereocenters. The molecule has 0 N–H and O–H groups in total. The van der Waals surface area contributed by atoms with Gasteiger partial charge >= 0.3 is 6.18 Å². The molecule has 0 aliphatic heterocycles. The summed E-state index contributed by atoms with van der Waals surface area (Å²) in [5.41, 5.74) is -1.49. The van der Waals surface area contributed by atoms with Crippen LogP contribution in [0.2, 0.25) is 0 Å². The molecule has 26 heavy (non-hydrogen) atoms. The molecule has 1 aromatic carbocycles. The average Bonchev–Trinajstić information content (AvgIpc) is 2.56. The van der Waals surface area contributed by atoms with Gasteiger partial charge in [-0.15, -0.1) is 0 Å². The number of aryl methyl sites for hydroxylation is 1. The van der Waals surface area contributed by atoms with E-state index in [-0.39, 0.29) is 0 Å². The molecule has 0 saturated heterocycles. The predicted molar refractivity (Wildman–Crippen MR) is 93.8 cm³/mol. The summed E-state index contributed by atoms with van der Waals surface area (Å²) in [4.78, 5) is 0. The summed E-state index contributed by atoms with van der Waals surface area (Å²) < 4.78 is 65.1. The maximum atomic E-state index is 13.6. The zero-order chi connectivity index (χ0) is 19.2. The minimum Gasteiger partial charge on any atom is -0.206 e. The van der Waals surface area contributed by atoms with Crippen LogP contribution in [0.3, 0.4) is 0 Å². The number of halogens is 5. The van der Waals surface area contributed by atoms with Gasteiger partial charge in [-0.3, -0.25) is 0 Å². The number of alkyl halides is 3. The number of benzene rings is 1. The molecule has 1 saturated carbocycles. The third-order valence-electron chi connectivity index (χ3n) is 5.28. The van der Waals surface area contributed by atoms with Gasteiger partial charge in [0.15, 0.2) is 0 Å². The summed E-state index contributed by atoms with van der Waals surface area (Å²) in [5, 5.41) is 0. The summed E-state index contributed by atoms with van der Waals surface area (Å²) in [6.07, 6.45) is 8.54. The molecule has 2 rings (SSSR count). The zero-order valence-electron chi connectivity index (χ0n) is 15.2. The predicted octanol–water partition coefficient (Wildman–Crippen LogP) is 7.47. The molecule has 0 nitrogen and oxygen atoms in total. The quantitative estimate of drug-likeness (QED) is 0.343. The highest BCUT2D eigenvalue weighted by Crippen LogP contribution is 2.36. The Morgan fingerprint density at radius 2 is 1.54 bits per heavy atom. The van der Waals surface area contributed by atoms with Gasteiger partial charge in [0, 0.05) is 0 Å². The van der Waals surface area contributed by atoms with Crippen LogP contribution in [-0.2, 0) is 12.6 Å². The first-order valence-corrected chi connectivity index (χ1v) is 9.51. The fraction of sp³-hybridized carbons (Fsp3) is 0.619. The Bertz CT molecular complexity index is 572. The van der Waals surface area contributed by atoms with Crippen LogP contribution in [0, 0.1) is 23.5 Å².